The molecule has 0 aliphatic heterocycles. The van der Waals surface area contributed by atoms with E-state index in [1.165, 1.54) is 6.21 Å². The monoisotopic (exact) mass is 407 g/mol. The van der Waals surface area contributed by atoms with Gasteiger partial charge in [0.15, 0.2) is 0 Å². The molecule has 2 rings (SSSR count). The summed E-state index contributed by atoms with van der Waals surface area (Å²) in [5, 5.41) is 20.3. The van der Waals surface area contributed by atoms with Crippen molar-refractivity contribution >= 4 is 23.9 Å². The fourth-order valence-corrected chi connectivity index (χ4v) is 2.92. The highest BCUT2D eigenvalue weighted by Gasteiger charge is 2.06. The van der Waals surface area contributed by atoms with Crippen molar-refractivity contribution in [3.8, 4) is 0 Å². The Kier molecular flexibility index (Phi) is 9.24. The van der Waals surface area contributed by atoms with E-state index in [0.717, 1.165) is 37.7 Å². The number of carbonyl (C=O) groups excluding carboxylic acids is 2. The molecule has 7 nitrogen and oxygen atoms in total. The molecule has 2 amide bonds. The molecule has 6 N–H and O–H groups in total. The second kappa shape index (κ2) is 12.2. The Morgan fingerprint density at radius 2 is 1.13 bits per heavy atom. The Hall–Kier alpha value is -3.48. The number of carbonyl (C=O) groups is 2. The zero-order valence-electron chi connectivity index (χ0n) is 17.0. The molecule has 0 unspecified atom stereocenters. The Bertz CT molecular complexity index is 860. The third-order valence-corrected chi connectivity index (χ3v) is 4.72. The Morgan fingerprint density at radius 1 is 0.733 bits per heavy atom. The number of nitrogens with two attached hydrogens (primary N) is 1. The van der Waals surface area contributed by atoms with Crippen molar-refractivity contribution in [1.82, 2.24) is 10.6 Å². The van der Waals surface area contributed by atoms with Crippen molar-refractivity contribution in [2.75, 3.05) is 13.1 Å². The van der Waals surface area contributed by atoms with Crippen LogP contribution < -0.4 is 16.4 Å². The highest BCUT2D eigenvalue weighted by molar-refractivity contribution is 5.98. The van der Waals surface area contributed by atoms with Crippen LogP contribution in [0.1, 0.15) is 63.9 Å². The van der Waals surface area contributed by atoms with Crippen LogP contribution in [0.15, 0.2) is 48.5 Å². The van der Waals surface area contributed by atoms with Gasteiger partial charge in [-0.15, -0.1) is 0 Å². The number of hydrogen-bond acceptors (Lipinski definition) is 4. The Balaban J connectivity index is 1.51. The minimum Gasteiger partial charge on any atom is -0.384 e. The molecule has 0 aliphatic carbocycles. The van der Waals surface area contributed by atoms with Gasteiger partial charge in [-0.05, 0) is 42.7 Å². The molecule has 0 bridgehead atoms. The smallest absolute Gasteiger partial charge is 0.251 e. The molecular weight excluding hydrogens is 378 g/mol. The number of rotatable bonds is 12. The Labute approximate surface area is 177 Å². The second-order valence-electron chi connectivity index (χ2n) is 7.04. The van der Waals surface area contributed by atoms with E-state index in [1.54, 1.807) is 48.5 Å². The van der Waals surface area contributed by atoms with Crippen LogP contribution in [0.5, 0.6) is 0 Å². The summed E-state index contributed by atoms with van der Waals surface area (Å²) < 4.78 is 0. The molecule has 2 aromatic rings. The van der Waals surface area contributed by atoms with E-state index >= 15 is 0 Å². The third kappa shape index (κ3) is 7.50. The lowest BCUT2D eigenvalue weighted by Gasteiger charge is -2.07. The lowest BCUT2D eigenvalue weighted by atomic mass is 10.1. The number of nitrogen functional groups attached to an aromatic ring is 1. The van der Waals surface area contributed by atoms with E-state index in [1.807, 2.05) is 0 Å². The average Bonchev–Trinajstić information content (AvgIpc) is 2.77. The summed E-state index contributed by atoms with van der Waals surface area (Å²) >= 11 is 0. The first-order chi connectivity index (χ1) is 14.5. The van der Waals surface area contributed by atoms with E-state index in [-0.39, 0.29) is 17.6 Å². The van der Waals surface area contributed by atoms with Crippen LogP contribution in [-0.2, 0) is 0 Å². The summed E-state index contributed by atoms with van der Waals surface area (Å²) in [7, 11) is 0. The van der Waals surface area contributed by atoms with Crippen LogP contribution in [0.25, 0.3) is 0 Å². The minimum atomic E-state index is -0.124. The second-order valence-corrected chi connectivity index (χ2v) is 7.04. The summed E-state index contributed by atoms with van der Waals surface area (Å²) in [5.41, 5.74) is 7.94. The topological polar surface area (TPSA) is 132 Å². The van der Waals surface area contributed by atoms with Gasteiger partial charge in [0.1, 0.15) is 5.84 Å². The van der Waals surface area contributed by atoms with Crippen LogP contribution in [0.2, 0.25) is 0 Å². The Morgan fingerprint density at radius 3 is 1.57 bits per heavy atom. The van der Waals surface area contributed by atoms with E-state index in [0.29, 0.717) is 29.8 Å². The van der Waals surface area contributed by atoms with Crippen LogP contribution in [0.4, 0.5) is 0 Å². The average molecular weight is 408 g/mol. The van der Waals surface area contributed by atoms with Gasteiger partial charge in [-0.1, -0.05) is 43.5 Å². The highest BCUT2D eigenvalue weighted by atomic mass is 16.2. The number of nitrogens with one attached hydrogen (secondary N) is 4. The van der Waals surface area contributed by atoms with Crippen molar-refractivity contribution in [2.24, 2.45) is 5.73 Å². The lowest BCUT2D eigenvalue weighted by molar-refractivity contribution is 0.0945. The molecule has 0 aromatic heterocycles. The number of hydrogen-bond donors (Lipinski definition) is 5. The summed E-state index contributed by atoms with van der Waals surface area (Å²) in [6.07, 6.45) is 6.16. The lowest BCUT2D eigenvalue weighted by Crippen LogP contribution is -2.25. The summed E-state index contributed by atoms with van der Waals surface area (Å²) in [6.45, 7) is 1.26. The molecule has 0 saturated heterocycles. The number of unbranched alkanes of at least 4 members (excludes halogenated alkanes) is 4. The number of benzene rings is 2. The maximum absolute atomic E-state index is 12.1. The number of amides is 2. The molecule has 0 saturated carbocycles. The van der Waals surface area contributed by atoms with Gasteiger partial charge in [-0.3, -0.25) is 15.0 Å². The maximum Gasteiger partial charge on any atom is 0.251 e. The number of amidine groups is 1. The molecule has 2 aromatic carbocycles. The molecule has 158 valence electrons. The van der Waals surface area contributed by atoms with Gasteiger partial charge in [-0.25, -0.2) is 0 Å². The molecule has 30 heavy (non-hydrogen) atoms. The summed E-state index contributed by atoms with van der Waals surface area (Å²) in [5.74, 6) is -0.230. The van der Waals surface area contributed by atoms with Crippen molar-refractivity contribution in [3.05, 3.63) is 70.8 Å². The van der Waals surface area contributed by atoms with Gasteiger partial charge in [0.25, 0.3) is 11.8 Å². The van der Waals surface area contributed by atoms with Gasteiger partial charge in [0.2, 0.25) is 0 Å². The van der Waals surface area contributed by atoms with Crippen LogP contribution in [-0.4, -0.2) is 37.0 Å². The quantitative estimate of drug-likeness (QED) is 0.210. The van der Waals surface area contributed by atoms with Gasteiger partial charge >= 0.3 is 0 Å². The first-order valence-electron chi connectivity index (χ1n) is 10.1. The summed E-state index contributed by atoms with van der Waals surface area (Å²) in [6, 6.07) is 13.6. The fraction of sp³-hybridized carbons (Fsp3) is 0.304. The maximum atomic E-state index is 12.1. The molecule has 0 aliphatic rings. The van der Waals surface area contributed by atoms with Crippen molar-refractivity contribution in [3.63, 3.8) is 0 Å². The predicted molar refractivity (Wildman–Crippen MR) is 120 cm³/mol. The van der Waals surface area contributed by atoms with Crippen LogP contribution >= 0.6 is 0 Å². The molecule has 0 fully saturated rings. The van der Waals surface area contributed by atoms with Crippen LogP contribution in [0.3, 0.4) is 0 Å². The first kappa shape index (κ1) is 22.8. The zero-order chi connectivity index (χ0) is 21.8. The van der Waals surface area contributed by atoms with E-state index in [9.17, 15) is 9.59 Å². The highest BCUT2D eigenvalue weighted by Crippen LogP contribution is 2.06. The molecule has 0 heterocycles. The normalized spacial score (nSPS) is 10.3. The van der Waals surface area contributed by atoms with E-state index in [4.69, 9.17) is 16.6 Å². The standard InChI is InChI=1S/C23H29N5O2/c24-16-17-6-8-19(9-7-17)22(29)27-14-4-2-1-3-5-15-28-23(30)20-12-10-18(11-13-20)21(25)26/h6-13,16,24H,1-5,14-15H2,(H3,25,26)(H,27,29)(H,28,30). The fourth-order valence-electron chi connectivity index (χ4n) is 2.92. The van der Waals surface area contributed by atoms with Gasteiger partial charge in [-0.2, -0.15) is 0 Å². The molecule has 0 spiro atoms. The van der Waals surface area contributed by atoms with Crippen molar-refractivity contribution in [2.45, 2.75) is 32.1 Å². The zero-order valence-corrected chi connectivity index (χ0v) is 17.0. The van der Waals surface area contributed by atoms with E-state index < -0.39 is 0 Å². The van der Waals surface area contributed by atoms with Crippen LogP contribution in [0, 0.1) is 10.8 Å². The molecular formula is C23H29N5O2. The van der Waals surface area contributed by atoms with Gasteiger partial charge in [0.05, 0.1) is 0 Å². The SMILES string of the molecule is N=Cc1ccc(C(=O)NCCCCCCCNC(=O)c2ccc(C(=N)N)cc2)cc1. The molecule has 0 radical (unpaired) electrons. The predicted octanol–water partition coefficient (Wildman–Crippen LogP) is 3.08. The van der Waals surface area contributed by atoms with Crippen molar-refractivity contribution < 1.29 is 9.59 Å². The minimum absolute atomic E-state index is 0.0146. The largest absolute Gasteiger partial charge is 0.384 e. The summed E-state index contributed by atoms with van der Waals surface area (Å²) in [4.78, 5) is 24.1. The van der Waals surface area contributed by atoms with Crippen molar-refractivity contribution in [1.29, 1.82) is 10.8 Å². The van der Waals surface area contributed by atoms with E-state index in [2.05, 4.69) is 10.6 Å². The molecule has 0 atom stereocenters. The van der Waals surface area contributed by atoms with Gasteiger partial charge in [0, 0.05) is 36.0 Å². The molecule has 7 heteroatoms. The first-order valence-corrected chi connectivity index (χ1v) is 10.1. The van der Waals surface area contributed by atoms with Gasteiger partial charge < -0.3 is 21.8 Å². The third-order valence-electron chi connectivity index (χ3n) is 4.72.